The van der Waals surface area contributed by atoms with Crippen LogP contribution in [0.25, 0.3) is 0 Å². The lowest BCUT2D eigenvalue weighted by atomic mass is 10.2. The normalized spacial score (nSPS) is 9.77. The van der Waals surface area contributed by atoms with Gasteiger partial charge in [0.2, 0.25) is 0 Å². The lowest BCUT2D eigenvalue weighted by Crippen LogP contribution is -1.92. The Hall–Kier alpha value is -0.440. The Morgan fingerprint density at radius 2 is 1.77 bits per heavy atom. The fraction of sp³-hybridized carbons (Fsp3) is 0.125. The van der Waals surface area contributed by atoms with Crippen molar-refractivity contribution < 1.29 is 9.53 Å². The molecule has 0 aliphatic heterocycles. The van der Waals surface area contributed by atoms with Gasteiger partial charge in [-0.15, -0.1) is 0 Å². The van der Waals surface area contributed by atoms with E-state index in [1.807, 2.05) is 0 Å². The van der Waals surface area contributed by atoms with Crippen molar-refractivity contribution in [1.29, 1.82) is 0 Å². The van der Waals surface area contributed by atoms with E-state index in [-0.39, 0.29) is 6.61 Å². The standard InChI is InChI=1S/C8H5Cl3O2/c9-5-1-7(10)6(3-13-4-12)8(11)2-5/h1-2,4H,3H2. The number of halogens is 3. The molecule has 0 aromatic heterocycles. The molecular formula is C8H5Cl3O2. The average molecular weight is 239 g/mol. The van der Waals surface area contributed by atoms with E-state index in [0.717, 1.165) is 0 Å². The molecule has 0 heterocycles. The van der Waals surface area contributed by atoms with Gasteiger partial charge in [-0.25, -0.2) is 0 Å². The first kappa shape index (κ1) is 10.6. The quantitative estimate of drug-likeness (QED) is 0.756. The van der Waals surface area contributed by atoms with Crippen LogP contribution in [0, 0.1) is 0 Å². The number of carbonyl (C=O) groups is 1. The molecule has 0 aliphatic carbocycles. The Balaban J connectivity index is 2.98. The van der Waals surface area contributed by atoms with Gasteiger partial charge in [0.25, 0.3) is 6.47 Å². The molecule has 0 unspecified atom stereocenters. The summed E-state index contributed by atoms with van der Waals surface area (Å²) in [6, 6.07) is 3.08. The molecular weight excluding hydrogens is 234 g/mol. The van der Waals surface area contributed by atoms with Crippen LogP contribution in [0.5, 0.6) is 0 Å². The fourth-order valence-electron chi connectivity index (χ4n) is 0.827. The van der Waals surface area contributed by atoms with Gasteiger partial charge < -0.3 is 4.74 Å². The predicted octanol–water partition coefficient (Wildman–Crippen LogP) is 3.32. The minimum Gasteiger partial charge on any atom is -0.463 e. The average Bonchev–Trinajstić information content (AvgIpc) is 2.02. The van der Waals surface area contributed by atoms with Crippen LogP contribution in [0.4, 0.5) is 0 Å². The summed E-state index contributed by atoms with van der Waals surface area (Å²) < 4.78 is 4.53. The number of ether oxygens (including phenoxy) is 1. The third kappa shape index (κ3) is 2.76. The highest BCUT2D eigenvalue weighted by Gasteiger charge is 2.07. The monoisotopic (exact) mass is 238 g/mol. The zero-order valence-electron chi connectivity index (χ0n) is 6.39. The number of rotatable bonds is 3. The van der Waals surface area contributed by atoms with E-state index in [1.54, 1.807) is 12.1 Å². The molecule has 0 saturated heterocycles. The van der Waals surface area contributed by atoms with Gasteiger partial charge in [-0.3, -0.25) is 4.79 Å². The lowest BCUT2D eigenvalue weighted by molar-refractivity contribution is -0.129. The van der Waals surface area contributed by atoms with Crippen LogP contribution in [0.15, 0.2) is 12.1 Å². The Labute approximate surface area is 90.3 Å². The van der Waals surface area contributed by atoms with Crippen molar-refractivity contribution in [3.8, 4) is 0 Å². The molecule has 70 valence electrons. The van der Waals surface area contributed by atoms with Gasteiger partial charge in [-0.1, -0.05) is 34.8 Å². The highest BCUT2D eigenvalue weighted by molar-refractivity contribution is 6.39. The summed E-state index contributed by atoms with van der Waals surface area (Å²) in [7, 11) is 0. The fourth-order valence-corrected chi connectivity index (χ4v) is 1.75. The van der Waals surface area contributed by atoms with Crippen molar-refractivity contribution in [1.82, 2.24) is 0 Å². The number of carbonyl (C=O) groups excluding carboxylic acids is 1. The zero-order chi connectivity index (χ0) is 9.84. The second-order valence-corrected chi connectivity index (χ2v) is 3.51. The number of benzene rings is 1. The van der Waals surface area contributed by atoms with Crippen LogP contribution in [-0.2, 0) is 16.1 Å². The third-order valence-electron chi connectivity index (χ3n) is 1.40. The van der Waals surface area contributed by atoms with Gasteiger partial charge in [0.15, 0.2) is 0 Å². The van der Waals surface area contributed by atoms with E-state index in [2.05, 4.69) is 4.74 Å². The van der Waals surface area contributed by atoms with E-state index >= 15 is 0 Å². The highest BCUT2D eigenvalue weighted by Crippen LogP contribution is 2.29. The summed E-state index contributed by atoms with van der Waals surface area (Å²) in [6.45, 7) is 0.388. The SMILES string of the molecule is O=COCc1c(Cl)cc(Cl)cc1Cl. The topological polar surface area (TPSA) is 26.3 Å². The molecule has 0 fully saturated rings. The molecule has 0 spiro atoms. The minimum absolute atomic E-state index is 0.0539. The molecule has 2 nitrogen and oxygen atoms in total. The van der Waals surface area contributed by atoms with Gasteiger partial charge in [-0.2, -0.15) is 0 Å². The number of hydrogen-bond donors (Lipinski definition) is 0. The Morgan fingerprint density at radius 1 is 1.23 bits per heavy atom. The molecule has 0 bridgehead atoms. The van der Waals surface area contributed by atoms with Crippen molar-refractivity contribution in [2.75, 3.05) is 0 Å². The van der Waals surface area contributed by atoms with E-state index < -0.39 is 0 Å². The van der Waals surface area contributed by atoms with Crippen LogP contribution < -0.4 is 0 Å². The summed E-state index contributed by atoms with van der Waals surface area (Å²) in [5, 5.41) is 1.23. The van der Waals surface area contributed by atoms with E-state index in [0.29, 0.717) is 27.1 Å². The summed E-state index contributed by atoms with van der Waals surface area (Å²) >= 11 is 17.3. The van der Waals surface area contributed by atoms with Crippen LogP contribution in [-0.4, -0.2) is 6.47 Å². The largest absolute Gasteiger partial charge is 0.463 e. The molecule has 1 aromatic rings. The molecule has 0 saturated carbocycles. The maximum Gasteiger partial charge on any atom is 0.293 e. The molecule has 13 heavy (non-hydrogen) atoms. The third-order valence-corrected chi connectivity index (χ3v) is 2.29. The maximum absolute atomic E-state index is 9.93. The van der Waals surface area contributed by atoms with E-state index in [4.69, 9.17) is 34.8 Å². The Kier molecular flexibility index (Phi) is 3.85. The summed E-state index contributed by atoms with van der Waals surface area (Å²) in [4.78, 5) is 9.93. The maximum atomic E-state index is 9.93. The molecule has 1 rings (SSSR count). The molecule has 0 radical (unpaired) electrons. The minimum atomic E-state index is 0.0539. The van der Waals surface area contributed by atoms with Crippen LogP contribution in [0.3, 0.4) is 0 Å². The first-order chi connectivity index (χ1) is 6.15. The van der Waals surface area contributed by atoms with Crippen molar-refractivity contribution in [2.24, 2.45) is 0 Å². The van der Waals surface area contributed by atoms with Crippen molar-refractivity contribution in [2.45, 2.75) is 6.61 Å². The van der Waals surface area contributed by atoms with Gasteiger partial charge in [0.1, 0.15) is 6.61 Å². The molecule has 0 atom stereocenters. The first-order valence-corrected chi connectivity index (χ1v) is 4.47. The van der Waals surface area contributed by atoms with Crippen LogP contribution in [0.2, 0.25) is 15.1 Å². The molecule has 5 heteroatoms. The molecule has 1 aromatic carbocycles. The molecule has 0 amide bonds. The van der Waals surface area contributed by atoms with E-state index in [9.17, 15) is 4.79 Å². The Bertz CT molecular complexity index is 302. The first-order valence-electron chi connectivity index (χ1n) is 3.34. The predicted molar refractivity (Wildman–Crippen MR) is 52.3 cm³/mol. The van der Waals surface area contributed by atoms with Gasteiger partial charge >= 0.3 is 0 Å². The van der Waals surface area contributed by atoms with Crippen molar-refractivity contribution >= 4 is 41.3 Å². The van der Waals surface area contributed by atoms with Gasteiger partial charge in [-0.05, 0) is 12.1 Å². The van der Waals surface area contributed by atoms with Crippen molar-refractivity contribution in [3.05, 3.63) is 32.8 Å². The smallest absolute Gasteiger partial charge is 0.293 e. The van der Waals surface area contributed by atoms with Crippen LogP contribution >= 0.6 is 34.8 Å². The van der Waals surface area contributed by atoms with Gasteiger partial charge in [0.05, 0.1) is 10.0 Å². The highest BCUT2D eigenvalue weighted by atomic mass is 35.5. The van der Waals surface area contributed by atoms with Crippen LogP contribution in [0.1, 0.15) is 5.56 Å². The zero-order valence-corrected chi connectivity index (χ0v) is 8.66. The number of hydrogen-bond acceptors (Lipinski definition) is 2. The Morgan fingerprint density at radius 3 is 2.23 bits per heavy atom. The lowest BCUT2D eigenvalue weighted by Gasteiger charge is -2.05. The van der Waals surface area contributed by atoms with E-state index in [1.165, 1.54) is 0 Å². The summed E-state index contributed by atoms with van der Waals surface area (Å²) in [6.07, 6.45) is 0. The molecule has 0 aliphatic rings. The molecule has 0 N–H and O–H groups in total. The van der Waals surface area contributed by atoms with Crippen molar-refractivity contribution in [3.63, 3.8) is 0 Å². The second kappa shape index (κ2) is 4.70. The summed E-state index contributed by atoms with van der Waals surface area (Å²) in [5.74, 6) is 0. The second-order valence-electron chi connectivity index (χ2n) is 2.26. The summed E-state index contributed by atoms with van der Waals surface area (Å²) in [5.41, 5.74) is 0.555. The van der Waals surface area contributed by atoms with Gasteiger partial charge in [0, 0.05) is 10.6 Å².